The van der Waals surface area contributed by atoms with Crippen molar-refractivity contribution < 1.29 is 32.6 Å². The number of halogens is 3. The zero-order valence-electron chi connectivity index (χ0n) is 23.4. The van der Waals surface area contributed by atoms with Crippen molar-refractivity contribution in [3.05, 3.63) is 90.8 Å². The Bertz CT molecular complexity index is 1760. The van der Waals surface area contributed by atoms with Gasteiger partial charge in [-0.3, -0.25) is 9.69 Å². The van der Waals surface area contributed by atoms with E-state index >= 15 is 0 Å². The number of hydrogen-bond acceptors (Lipinski definition) is 7. The summed E-state index contributed by atoms with van der Waals surface area (Å²) in [6, 6.07) is 24.2. The highest BCUT2D eigenvalue weighted by molar-refractivity contribution is 5.96. The number of carbonyl (C=O) groups excluding carboxylic acids is 1. The molecule has 3 heterocycles. The molecule has 0 aliphatic carbocycles. The van der Waals surface area contributed by atoms with Gasteiger partial charge in [0.2, 0.25) is 0 Å². The molecule has 1 amide bonds. The monoisotopic (exact) mass is 606 g/mol. The fraction of sp³-hybridized carbons (Fsp3) is 0.226. The molecule has 3 N–H and O–H groups in total. The number of nitrogens with one attached hydrogen (secondary N) is 2. The molecule has 5 aromatic rings. The number of morpholine rings is 1. The minimum Gasteiger partial charge on any atom is -0.475 e. The Balaban J connectivity index is 0.000000493. The number of amides is 1. The van der Waals surface area contributed by atoms with Gasteiger partial charge >= 0.3 is 12.1 Å². The molecule has 2 aromatic heterocycles. The zero-order chi connectivity index (χ0) is 31.1. The number of nitrogens with zero attached hydrogens (tertiary/aromatic N) is 4. The maximum Gasteiger partial charge on any atom is 0.490 e. The Labute approximate surface area is 250 Å². The second kappa shape index (κ2) is 13.5. The summed E-state index contributed by atoms with van der Waals surface area (Å²) >= 11 is 0. The number of rotatable bonds is 7. The summed E-state index contributed by atoms with van der Waals surface area (Å²) in [5, 5.41) is 21.6. The van der Waals surface area contributed by atoms with Gasteiger partial charge in [-0.25, -0.2) is 14.5 Å². The number of alkyl halides is 3. The van der Waals surface area contributed by atoms with E-state index in [0.717, 1.165) is 55.1 Å². The number of benzene rings is 3. The molecule has 228 valence electrons. The summed E-state index contributed by atoms with van der Waals surface area (Å²) in [5.74, 6) is -2.27. The van der Waals surface area contributed by atoms with E-state index in [1.165, 1.54) is 10.8 Å². The van der Waals surface area contributed by atoms with Crippen LogP contribution < -0.4 is 10.6 Å². The molecule has 1 aliphatic heterocycles. The highest BCUT2D eigenvalue weighted by Gasteiger charge is 2.38. The predicted molar refractivity (Wildman–Crippen MR) is 159 cm³/mol. The molecule has 44 heavy (non-hydrogen) atoms. The summed E-state index contributed by atoms with van der Waals surface area (Å²) in [5.41, 5.74) is 3.51. The van der Waals surface area contributed by atoms with Crippen LogP contribution in [0.2, 0.25) is 0 Å². The van der Waals surface area contributed by atoms with Gasteiger partial charge in [0, 0.05) is 60.1 Å². The average Bonchev–Trinajstić information content (AvgIpc) is 3.45. The first-order valence-corrected chi connectivity index (χ1v) is 13.8. The van der Waals surface area contributed by atoms with E-state index in [1.54, 1.807) is 23.0 Å². The number of pyridine rings is 1. The summed E-state index contributed by atoms with van der Waals surface area (Å²) in [6.07, 6.45) is -1.61. The number of fused-ring (bicyclic) bond motifs is 2. The van der Waals surface area contributed by atoms with Gasteiger partial charge in [-0.05, 0) is 41.8 Å². The van der Waals surface area contributed by atoms with Gasteiger partial charge in [0.15, 0.2) is 5.82 Å². The van der Waals surface area contributed by atoms with Crippen molar-refractivity contribution >= 4 is 44.9 Å². The summed E-state index contributed by atoms with van der Waals surface area (Å²) < 4.78 is 38.9. The lowest BCUT2D eigenvalue weighted by atomic mass is 10.1. The molecule has 0 bridgehead atoms. The highest BCUT2D eigenvalue weighted by Crippen LogP contribution is 2.28. The molecule has 0 saturated carbocycles. The molecule has 1 saturated heterocycles. The number of aliphatic carboxylic acids is 1. The lowest BCUT2D eigenvalue weighted by Gasteiger charge is -2.26. The first kappa shape index (κ1) is 30.4. The molecule has 1 aliphatic rings. The first-order chi connectivity index (χ1) is 21.2. The largest absolute Gasteiger partial charge is 0.490 e. The van der Waals surface area contributed by atoms with E-state index in [-0.39, 0.29) is 5.91 Å². The number of ether oxygens (including phenoxy) is 1. The van der Waals surface area contributed by atoms with Crippen LogP contribution in [0.3, 0.4) is 0 Å². The molecule has 3 aromatic carbocycles. The third kappa shape index (κ3) is 7.49. The second-order valence-electron chi connectivity index (χ2n) is 9.90. The second-order valence-corrected chi connectivity index (χ2v) is 9.90. The summed E-state index contributed by atoms with van der Waals surface area (Å²) in [4.78, 5) is 28.4. The van der Waals surface area contributed by atoms with Crippen LogP contribution in [0.4, 0.5) is 24.5 Å². The fourth-order valence-electron chi connectivity index (χ4n) is 4.71. The van der Waals surface area contributed by atoms with Gasteiger partial charge in [-0.1, -0.05) is 36.4 Å². The van der Waals surface area contributed by atoms with E-state index < -0.39 is 12.1 Å². The molecular formula is C31H29F3N6O4. The molecule has 10 nitrogen and oxygen atoms in total. The number of aromatic nitrogens is 3. The molecule has 13 heteroatoms. The van der Waals surface area contributed by atoms with Gasteiger partial charge in [-0.2, -0.15) is 18.3 Å². The van der Waals surface area contributed by atoms with Crippen LogP contribution in [0, 0.1) is 0 Å². The molecule has 0 radical (unpaired) electrons. The zero-order valence-corrected chi connectivity index (χ0v) is 23.4. The SMILES string of the molecule is O=C(NCCN1CCOCC1)c1ccnc(-n2ncc3cc(Nc4cccc5ccccc45)ccc32)c1.O=C(O)C(F)(F)F. The summed E-state index contributed by atoms with van der Waals surface area (Å²) in [6.45, 7) is 4.71. The van der Waals surface area contributed by atoms with Crippen molar-refractivity contribution in [1.82, 2.24) is 25.0 Å². The summed E-state index contributed by atoms with van der Waals surface area (Å²) in [7, 11) is 0. The van der Waals surface area contributed by atoms with Crippen molar-refractivity contribution in [1.29, 1.82) is 0 Å². The van der Waals surface area contributed by atoms with Crippen LogP contribution in [0.25, 0.3) is 27.5 Å². The van der Waals surface area contributed by atoms with E-state index in [2.05, 4.69) is 62.0 Å². The number of carboxylic acid groups (broad SMARTS) is 1. The molecule has 0 atom stereocenters. The molecule has 6 rings (SSSR count). The minimum absolute atomic E-state index is 0.116. The van der Waals surface area contributed by atoms with Crippen molar-refractivity contribution in [3.63, 3.8) is 0 Å². The van der Waals surface area contributed by atoms with Crippen molar-refractivity contribution in [3.8, 4) is 5.82 Å². The Morgan fingerprint density at radius 1 is 0.955 bits per heavy atom. The van der Waals surface area contributed by atoms with Gasteiger partial charge in [0.25, 0.3) is 5.91 Å². The predicted octanol–water partition coefficient (Wildman–Crippen LogP) is 5.01. The third-order valence-electron chi connectivity index (χ3n) is 6.92. The third-order valence-corrected chi connectivity index (χ3v) is 6.92. The van der Waals surface area contributed by atoms with Crippen molar-refractivity contribution in [2.75, 3.05) is 44.7 Å². The number of anilines is 2. The fourth-order valence-corrected chi connectivity index (χ4v) is 4.71. The lowest BCUT2D eigenvalue weighted by Crippen LogP contribution is -2.41. The maximum absolute atomic E-state index is 12.8. The van der Waals surface area contributed by atoms with Crippen LogP contribution in [-0.2, 0) is 9.53 Å². The van der Waals surface area contributed by atoms with Crippen LogP contribution in [-0.4, -0.2) is 82.2 Å². The van der Waals surface area contributed by atoms with Crippen LogP contribution in [0.1, 0.15) is 10.4 Å². The quantitative estimate of drug-likeness (QED) is 0.236. The van der Waals surface area contributed by atoms with E-state index in [1.807, 2.05) is 30.5 Å². The molecule has 1 fully saturated rings. The Morgan fingerprint density at radius 3 is 2.48 bits per heavy atom. The van der Waals surface area contributed by atoms with E-state index in [0.29, 0.717) is 17.9 Å². The molecule has 0 unspecified atom stereocenters. The number of carboxylic acids is 1. The maximum atomic E-state index is 12.8. The average molecular weight is 607 g/mol. The van der Waals surface area contributed by atoms with Gasteiger partial charge < -0.3 is 20.5 Å². The normalized spacial score (nSPS) is 13.7. The number of hydrogen-bond donors (Lipinski definition) is 3. The van der Waals surface area contributed by atoms with Crippen molar-refractivity contribution in [2.24, 2.45) is 0 Å². The van der Waals surface area contributed by atoms with Crippen molar-refractivity contribution in [2.45, 2.75) is 6.18 Å². The van der Waals surface area contributed by atoms with E-state index in [9.17, 15) is 18.0 Å². The van der Waals surface area contributed by atoms with Crippen LogP contribution >= 0.6 is 0 Å². The Hall–Kier alpha value is -5.01. The van der Waals surface area contributed by atoms with Gasteiger partial charge in [0.05, 0.1) is 24.9 Å². The van der Waals surface area contributed by atoms with E-state index in [4.69, 9.17) is 14.6 Å². The first-order valence-electron chi connectivity index (χ1n) is 13.8. The highest BCUT2D eigenvalue weighted by atomic mass is 19.4. The number of carbonyl (C=O) groups is 2. The topological polar surface area (TPSA) is 122 Å². The molecule has 0 spiro atoms. The van der Waals surface area contributed by atoms with Gasteiger partial charge in [-0.15, -0.1) is 0 Å². The smallest absolute Gasteiger partial charge is 0.475 e. The Kier molecular flexibility index (Phi) is 9.36. The minimum atomic E-state index is -5.08. The standard InChI is InChI=1S/C29H28N6O2.C2HF3O2/c36-29(31-12-13-34-14-16-37-17-15-34)22-10-11-30-28(19-22)35-27-9-8-24(18-23(27)20-32-35)33-26-7-3-5-21-4-1-2-6-25(21)26;3-2(4,5)1(6)7/h1-11,18-20,33H,12-17H2,(H,31,36);(H,6,7). The molecular weight excluding hydrogens is 577 g/mol. The van der Waals surface area contributed by atoms with Crippen LogP contribution in [0.5, 0.6) is 0 Å². The lowest BCUT2D eigenvalue weighted by molar-refractivity contribution is -0.192. The van der Waals surface area contributed by atoms with Gasteiger partial charge in [0.1, 0.15) is 0 Å². The van der Waals surface area contributed by atoms with Crippen LogP contribution in [0.15, 0.2) is 85.2 Å². The Morgan fingerprint density at radius 2 is 1.70 bits per heavy atom.